The van der Waals surface area contributed by atoms with Gasteiger partial charge in [0.15, 0.2) is 0 Å². The lowest BCUT2D eigenvalue weighted by molar-refractivity contribution is 0.298. The Balaban J connectivity index is 1.75. The molecule has 0 atom stereocenters. The van der Waals surface area contributed by atoms with Crippen molar-refractivity contribution < 1.29 is 5.11 Å². The van der Waals surface area contributed by atoms with Crippen molar-refractivity contribution >= 4 is 11.3 Å². The number of aryl methyl sites for hydroxylation is 1. The van der Waals surface area contributed by atoms with E-state index >= 15 is 0 Å². The molecule has 2 rings (SSSR count). The number of aromatic nitrogens is 1. The molecule has 1 saturated carbocycles. The van der Waals surface area contributed by atoms with Gasteiger partial charge < -0.3 is 5.11 Å². The van der Waals surface area contributed by atoms with Crippen molar-refractivity contribution in [1.82, 2.24) is 4.98 Å². The number of hydrogen-bond donors (Lipinski definition) is 1. The van der Waals surface area contributed by atoms with Gasteiger partial charge >= 0.3 is 0 Å². The van der Waals surface area contributed by atoms with Gasteiger partial charge in [-0.2, -0.15) is 0 Å². The van der Waals surface area contributed by atoms with E-state index in [0.29, 0.717) is 6.42 Å². The zero-order chi connectivity index (χ0) is 11.2. The fourth-order valence-corrected chi connectivity index (χ4v) is 3.34. The second kappa shape index (κ2) is 6.36. The number of hydrogen-bond acceptors (Lipinski definition) is 3. The Labute approximate surface area is 102 Å². The Bertz CT molecular complexity index is 305. The summed E-state index contributed by atoms with van der Waals surface area (Å²) < 4.78 is 0. The number of aliphatic hydroxyl groups is 1. The maximum atomic E-state index is 8.83. The Hall–Kier alpha value is -0.410. The molecule has 1 fully saturated rings. The smallest absolute Gasteiger partial charge is 0.0928 e. The molecule has 3 heteroatoms. The Morgan fingerprint density at radius 1 is 1.25 bits per heavy atom. The van der Waals surface area contributed by atoms with Crippen LogP contribution >= 0.6 is 11.3 Å². The lowest BCUT2D eigenvalue weighted by atomic mass is 9.86. The van der Waals surface area contributed by atoms with Gasteiger partial charge in [0.2, 0.25) is 0 Å². The topological polar surface area (TPSA) is 33.1 Å². The molecule has 0 spiro atoms. The minimum Gasteiger partial charge on any atom is -0.396 e. The van der Waals surface area contributed by atoms with E-state index in [1.165, 1.54) is 43.5 Å². The summed E-state index contributed by atoms with van der Waals surface area (Å²) in [6.45, 7) is 0.214. The van der Waals surface area contributed by atoms with Crippen molar-refractivity contribution in [3.63, 3.8) is 0 Å². The van der Waals surface area contributed by atoms with Crippen LogP contribution < -0.4 is 0 Å². The molecule has 0 aliphatic heterocycles. The monoisotopic (exact) mass is 239 g/mol. The number of thiazole rings is 1. The molecular formula is C13H21NOS. The van der Waals surface area contributed by atoms with Gasteiger partial charge in [-0.15, -0.1) is 11.3 Å². The maximum absolute atomic E-state index is 8.83. The van der Waals surface area contributed by atoms with Gasteiger partial charge in [0, 0.05) is 18.4 Å². The van der Waals surface area contributed by atoms with Crippen LogP contribution in [0.2, 0.25) is 0 Å². The minimum atomic E-state index is 0.214. The average Bonchev–Trinajstić information content (AvgIpc) is 2.76. The molecule has 0 aromatic carbocycles. The normalized spacial score (nSPS) is 17.8. The fraction of sp³-hybridized carbons (Fsp3) is 0.769. The molecule has 90 valence electrons. The Kier molecular flexibility index (Phi) is 4.79. The van der Waals surface area contributed by atoms with Crippen LogP contribution in [-0.2, 0) is 12.8 Å². The molecule has 1 aromatic heterocycles. The van der Waals surface area contributed by atoms with Gasteiger partial charge in [-0.3, -0.25) is 0 Å². The van der Waals surface area contributed by atoms with Gasteiger partial charge in [0.05, 0.1) is 10.7 Å². The summed E-state index contributed by atoms with van der Waals surface area (Å²) >= 11 is 1.76. The largest absolute Gasteiger partial charge is 0.396 e. The first-order valence-electron chi connectivity index (χ1n) is 6.42. The van der Waals surface area contributed by atoms with Crippen molar-refractivity contribution in [2.24, 2.45) is 5.92 Å². The van der Waals surface area contributed by atoms with Crippen molar-refractivity contribution in [1.29, 1.82) is 0 Å². The molecule has 2 nitrogen and oxygen atoms in total. The summed E-state index contributed by atoms with van der Waals surface area (Å²) in [6, 6.07) is 0. The summed E-state index contributed by atoms with van der Waals surface area (Å²) in [5.74, 6) is 0.943. The second-order valence-electron chi connectivity index (χ2n) is 4.75. The molecule has 0 saturated heterocycles. The molecule has 0 unspecified atom stereocenters. The summed E-state index contributed by atoms with van der Waals surface area (Å²) in [6.07, 6.45) is 10.3. The average molecular weight is 239 g/mol. The Morgan fingerprint density at radius 2 is 2.06 bits per heavy atom. The van der Waals surface area contributed by atoms with Crippen molar-refractivity contribution in [2.45, 2.75) is 51.4 Å². The molecule has 1 N–H and O–H groups in total. The van der Waals surface area contributed by atoms with E-state index in [0.717, 1.165) is 18.0 Å². The molecule has 1 heterocycles. The van der Waals surface area contributed by atoms with Gasteiger partial charge in [0.25, 0.3) is 0 Å². The predicted octanol–water partition coefficient (Wildman–Crippen LogP) is 3.19. The third kappa shape index (κ3) is 3.56. The molecule has 0 radical (unpaired) electrons. The van der Waals surface area contributed by atoms with Crippen LogP contribution in [-0.4, -0.2) is 16.7 Å². The van der Waals surface area contributed by atoms with Crippen LogP contribution in [0.25, 0.3) is 0 Å². The van der Waals surface area contributed by atoms with Gasteiger partial charge in [0.1, 0.15) is 0 Å². The second-order valence-corrected chi connectivity index (χ2v) is 5.69. The van der Waals surface area contributed by atoms with Crippen LogP contribution in [0.1, 0.15) is 49.2 Å². The van der Waals surface area contributed by atoms with E-state index < -0.39 is 0 Å². The third-order valence-corrected chi connectivity index (χ3v) is 4.42. The third-order valence-electron chi connectivity index (χ3n) is 3.46. The van der Waals surface area contributed by atoms with E-state index in [4.69, 9.17) is 5.11 Å². The van der Waals surface area contributed by atoms with Crippen molar-refractivity contribution in [2.75, 3.05) is 6.61 Å². The molecule has 0 amide bonds. The molecule has 0 bridgehead atoms. The number of rotatable bonds is 5. The first-order valence-corrected chi connectivity index (χ1v) is 7.30. The molecular weight excluding hydrogens is 218 g/mol. The first-order chi connectivity index (χ1) is 7.88. The molecule has 1 aliphatic carbocycles. The summed E-state index contributed by atoms with van der Waals surface area (Å²) in [4.78, 5) is 4.54. The van der Waals surface area contributed by atoms with Crippen LogP contribution in [0, 0.1) is 5.92 Å². The molecule has 1 aliphatic rings. The van der Waals surface area contributed by atoms with Crippen LogP contribution in [0.3, 0.4) is 0 Å². The lowest BCUT2D eigenvalue weighted by Gasteiger charge is -2.20. The minimum absolute atomic E-state index is 0.214. The van der Waals surface area contributed by atoms with Crippen molar-refractivity contribution in [3.8, 4) is 0 Å². The zero-order valence-electron chi connectivity index (χ0n) is 9.82. The zero-order valence-corrected chi connectivity index (χ0v) is 10.6. The quantitative estimate of drug-likeness (QED) is 0.856. The molecule has 16 heavy (non-hydrogen) atoms. The van der Waals surface area contributed by atoms with Gasteiger partial charge in [-0.1, -0.05) is 32.1 Å². The summed E-state index contributed by atoms with van der Waals surface area (Å²) in [5, 5.41) is 12.2. The van der Waals surface area contributed by atoms with Crippen LogP contribution in [0.15, 0.2) is 5.38 Å². The van der Waals surface area contributed by atoms with Crippen molar-refractivity contribution in [3.05, 3.63) is 16.1 Å². The highest BCUT2D eigenvalue weighted by molar-refractivity contribution is 7.09. The number of nitrogens with zero attached hydrogens (tertiary/aromatic N) is 1. The Morgan fingerprint density at radius 3 is 2.81 bits per heavy atom. The summed E-state index contributed by atoms with van der Waals surface area (Å²) in [7, 11) is 0. The lowest BCUT2D eigenvalue weighted by Crippen LogP contribution is -2.07. The highest BCUT2D eigenvalue weighted by atomic mass is 32.1. The first kappa shape index (κ1) is 12.1. The van der Waals surface area contributed by atoms with Gasteiger partial charge in [-0.25, -0.2) is 4.98 Å². The highest BCUT2D eigenvalue weighted by Gasteiger charge is 2.13. The number of aliphatic hydroxyl groups excluding tert-OH is 1. The van der Waals surface area contributed by atoms with E-state index in [-0.39, 0.29) is 6.61 Å². The maximum Gasteiger partial charge on any atom is 0.0928 e. The highest BCUT2D eigenvalue weighted by Crippen LogP contribution is 2.27. The fourth-order valence-electron chi connectivity index (χ4n) is 2.50. The summed E-state index contributed by atoms with van der Waals surface area (Å²) in [5.41, 5.74) is 1.06. The van der Waals surface area contributed by atoms with E-state index in [2.05, 4.69) is 10.4 Å². The van der Waals surface area contributed by atoms with E-state index in [1.54, 1.807) is 11.3 Å². The van der Waals surface area contributed by atoms with Crippen LogP contribution in [0.5, 0.6) is 0 Å². The standard InChI is InChI=1S/C13H21NOS/c15-9-8-12-10-16-13(14-12)7-6-11-4-2-1-3-5-11/h10-11,15H,1-9H2. The van der Waals surface area contributed by atoms with Gasteiger partial charge in [-0.05, 0) is 18.8 Å². The van der Waals surface area contributed by atoms with E-state index in [9.17, 15) is 0 Å². The van der Waals surface area contributed by atoms with Crippen LogP contribution in [0.4, 0.5) is 0 Å². The van der Waals surface area contributed by atoms with E-state index in [1.807, 2.05) is 0 Å². The SMILES string of the molecule is OCCc1csc(CCC2CCCCC2)n1. The molecule has 1 aromatic rings. The predicted molar refractivity (Wildman–Crippen MR) is 67.8 cm³/mol.